The summed E-state index contributed by atoms with van der Waals surface area (Å²) in [6.45, 7) is 0.719. The molecule has 0 spiro atoms. The molecule has 0 aromatic heterocycles. The second kappa shape index (κ2) is 5.55. The first-order chi connectivity index (χ1) is 5.83. The fraction of sp³-hybridized carbons (Fsp3) is 1.00. The first-order valence-corrected chi connectivity index (χ1v) is 5.07. The van der Waals surface area contributed by atoms with Gasteiger partial charge in [-0.2, -0.15) is 0 Å². The summed E-state index contributed by atoms with van der Waals surface area (Å²) in [4.78, 5) is 0. The summed E-state index contributed by atoms with van der Waals surface area (Å²) in [6.07, 6.45) is 8.17. The van der Waals surface area contributed by atoms with Crippen molar-refractivity contribution >= 4 is 0 Å². The number of hydrogen-bond acceptors (Lipinski definition) is 2. The predicted molar refractivity (Wildman–Crippen MR) is 51.0 cm³/mol. The number of methoxy groups -OCH3 is 1. The Labute approximate surface area is 75.5 Å². The zero-order valence-corrected chi connectivity index (χ0v) is 8.09. The molecule has 0 saturated heterocycles. The van der Waals surface area contributed by atoms with E-state index in [1.165, 1.54) is 32.1 Å². The zero-order valence-electron chi connectivity index (χ0n) is 8.09. The highest BCUT2D eigenvalue weighted by molar-refractivity contribution is 4.71. The van der Waals surface area contributed by atoms with E-state index in [0.29, 0.717) is 0 Å². The van der Waals surface area contributed by atoms with E-state index >= 15 is 0 Å². The fourth-order valence-corrected chi connectivity index (χ4v) is 2.13. The lowest BCUT2D eigenvalue weighted by molar-refractivity contribution is 0.164. The highest BCUT2D eigenvalue weighted by Gasteiger charge is 2.16. The number of nitrogens with two attached hydrogens (primary N) is 1. The van der Waals surface area contributed by atoms with E-state index in [1.54, 1.807) is 7.11 Å². The molecule has 2 nitrogen and oxygen atoms in total. The van der Waals surface area contributed by atoms with Crippen molar-refractivity contribution in [3.05, 3.63) is 0 Å². The van der Waals surface area contributed by atoms with Gasteiger partial charge in [0.05, 0.1) is 6.61 Å². The molecule has 0 amide bonds. The minimum Gasteiger partial charge on any atom is -0.383 e. The molecule has 0 heterocycles. The second-order valence-electron chi connectivity index (χ2n) is 3.96. The minimum atomic E-state index is 0.262. The number of hydrogen-bond donors (Lipinski definition) is 1. The van der Waals surface area contributed by atoms with Gasteiger partial charge in [-0.1, -0.05) is 32.1 Å². The monoisotopic (exact) mass is 171 g/mol. The van der Waals surface area contributed by atoms with E-state index in [0.717, 1.165) is 18.9 Å². The third-order valence-corrected chi connectivity index (χ3v) is 2.74. The van der Waals surface area contributed by atoms with Crippen LogP contribution in [0.4, 0.5) is 0 Å². The van der Waals surface area contributed by atoms with E-state index in [1.807, 2.05) is 0 Å². The van der Waals surface area contributed by atoms with Crippen LogP contribution < -0.4 is 5.73 Å². The summed E-state index contributed by atoms with van der Waals surface area (Å²) in [5.74, 6) is 0.879. The second-order valence-corrected chi connectivity index (χ2v) is 3.96. The molecule has 1 fully saturated rings. The minimum absolute atomic E-state index is 0.262. The average Bonchev–Trinajstić information content (AvgIpc) is 2.06. The predicted octanol–water partition coefficient (Wildman–Crippen LogP) is 1.93. The van der Waals surface area contributed by atoms with Gasteiger partial charge in [-0.15, -0.1) is 0 Å². The smallest absolute Gasteiger partial charge is 0.0613 e. The van der Waals surface area contributed by atoms with Gasteiger partial charge in [-0.3, -0.25) is 0 Å². The number of rotatable bonds is 4. The molecule has 0 aromatic carbocycles. The molecule has 1 saturated carbocycles. The van der Waals surface area contributed by atoms with Gasteiger partial charge in [-0.05, 0) is 12.3 Å². The Morgan fingerprint density at radius 1 is 1.33 bits per heavy atom. The van der Waals surface area contributed by atoms with Crippen molar-refractivity contribution in [3.8, 4) is 0 Å². The van der Waals surface area contributed by atoms with E-state index < -0.39 is 0 Å². The summed E-state index contributed by atoms with van der Waals surface area (Å²) in [6, 6.07) is 0.262. The van der Waals surface area contributed by atoms with Crippen molar-refractivity contribution in [3.63, 3.8) is 0 Å². The van der Waals surface area contributed by atoms with Crippen LogP contribution in [0.1, 0.15) is 38.5 Å². The van der Waals surface area contributed by atoms with Gasteiger partial charge >= 0.3 is 0 Å². The van der Waals surface area contributed by atoms with Crippen molar-refractivity contribution in [2.75, 3.05) is 13.7 Å². The Balaban J connectivity index is 2.11. The Hall–Kier alpha value is -0.0800. The van der Waals surface area contributed by atoms with Gasteiger partial charge in [0.15, 0.2) is 0 Å². The molecule has 2 N–H and O–H groups in total. The largest absolute Gasteiger partial charge is 0.383 e. The van der Waals surface area contributed by atoms with Crippen LogP contribution in [0.3, 0.4) is 0 Å². The SMILES string of the molecule is COC[C@@H](N)CC1CCCCC1. The summed E-state index contributed by atoms with van der Waals surface area (Å²) >= 11 is 0. The summed E-state index contributed by atoms with van der Waals surface area (Å²) < 4.78 is 5.02. The molecule has 1 rings (SSSR count). The van der Waals surface area contributed by atoms with E-state index in [-0.39, 0.29) is 6.04 Å². The molecular weight excluding hydrogens is 150 g/mol. The number of ether oxygens (including phenoxy) is 1. The summed E-state index contributed by atoms with van der Waals surface area (Å²) in [5.41, 5.74) is 5.89. The maximum Gasteiger partial charge on any atom is 0.0613 e. The van der Waals surface area contributed by atoms with Crippen molar-refractivity contribution < 1.29 is 4.74 Å². The quantitative estimate of drug-likeness (QED) is 0.701. The lowest BCUT2D eigenvalue weighted by atomic mass is 9.85. The topological polar surface area (TPSA) is 35.2 Å². The van der Waals surface area contributed by atoms with Crippen molar-refractivity contribution in [2.45, 2.75) is 44.6 Å². The van der Waals surface area contributed by atoms with Crippen LogP contribution in [0.25, 0.3) is 0 Å². The molecule has 0 unspecified atom stereocenters. The van der Waals surface area contributed by atoms with Crippen LogP contribution >= 0.6 is 0 Å². The first-order valence-electron chi connectivity index (χ1n) is 5.07. The average molecular weight is 171 g/mol. The van der Waals surface area contributed by atoms with Crippen LogP contribution in [0, 0.1) is 5.92 Å². The van der Waals surface area contributed by atoms with Crippen LogP contribution in [0.15, 0.2) is 0 Å². The highest BCUT2D eigenvalue weighted by atomic mass is 16.5. The molecular formula is C10H21NO. The zero-order chi connectivity index (χ0) is 8.81. The molecule has 12 heavy (non-hydrogen) atoms. The standard InChI is InChI=1S/C10H21NO/c1-12-8-10(11)7-9-5-3-2-4-6-9/h9-10H,2-8,11H2,1H3/t10-/m0/s1. The molecule has 2 heteroatoms. The normalized spacial score (nSPS) is 22.5. The Kier molecular flexibility index (Phi) is 4.62. The van der Waals surface area contributed by atoms with Crippen molar-refractivity contribution in [1.82, 2.24) is 0 Å². The van der Waals surface area contributed by atoms with Crippen molar-refractivity contribution in [2.24, 2.45) is 11.7 Å². The van der Waals surface area contributed by atoms with E-state index in [2.05, 4.69) is 0 Å². The van der Waals surface area contributed by atoms with Crippen LogP contribution in [-0.4, -0.2) is 19.8 Å². The fourth-order valence-electron chi connectivity index (χ4n) is 2.13. The van der Waals surface area contributed by atoms with Crippen LogP contribution in [-0.2, 0) is 4.74 Å². The first kappa shape index (κ1) is 10.0. The molecule has 0 radical (unpaired) electrons. The molecule has 1 aliphatic carbocycles. The Morgan fingerprint density at radius 3 is 2.58 bits per heavy atom. The van der Waals surface area contributed by atoms with Gasteiger partial charge in [-0.25, -0.2) is 0 Å². The van der Waals surface area contributed by atoms with Crippen molar-refractivity contribution in [1.29, 1.82) is 0 Å². The maximum absolute atomic E-state index is 5.89. The third-order valence-electron chi connectivity index (χ3n) is 2.74. The lowest BCUT2D eigenvalue weighted by Crippen LogP contribution is -2.29. The molecule has 0 bridgehead atoms. The Bertz CT molecular complexity index is 110. The van der Waals surface area contributed by atoms with Gasteiger partial charge in [0.25, 0.3) is 0 Å². The van der Waals surface area contributed by atoms with E-state index in [4.69, 9.17) is 10.5 Å². The van der Waals surface area contributed by atoms with Gasteiger partial charge in [0.1, 0.15) is 0 Å². The highest BCUT2D eigenvalue weighted by Crippen LogP contribution is 2.26. The lowest BCUT2D eigenvalue weighted by Gasteiger charge is -2.24. The molecule has 1 atom stereocenters. The molecule has 72 valence electrons. The summed E-state index contributed by atoms with van der Waals surface area (Å²) in [7, 11) is 1.72. The Morgan fingerprint density at radius 2 is 2.00 bits per heavy atom. The van der Waals surface area contributed by atoms with Gasteiger partial charge in [0.2, 0.25) is 0 Å². The molecule has 0 aromatic rings. The van der Waals surface area contributed by atoms with Gasteiger partial charge < -0.3 is 10.5 Å². The molecule has 0 aliphatic heterocycles. The van der Waals surface area contributed by atoms with Crippen LogP contribution in [0.5, 0.6) is 0 Å². The maximum atomic E-state index is 5.89. The third kappa shape index (κ3) is 3.55. The molecule has 1 aliphatic rings. The van der Waals surface area contributed by atoms with Gasteiger partial charge in [0, 0.05) is 13.2 Å². The summed E-state index contributed by atoms with van der Waals surface area (Å²) in [5, 5.41) is 0. The van der Waals surface area contributed by atoms with Crippen LogP contribution in [0.2, 0.25) is 0 Å². The van der Waals surface area contributed by atoms with E-state index in [9.17, 15) is 0 Å².